The van der Waals surface area contributed by atoms with Crippen LogP contribution in [0.5, 0.6) is 5.75 Å². The highest BCUT2D eigenvalue weighted by Gasteiger charge is 2.29. The zero-order chi connectivity index (χ0) is 20.8. The SMILES string of the molecule is COc1ccc(Cl)cc1C(=O)N1CCC(C(=O)NCCCc2nc(C)no2)CC1. The Morgan fingerprint density at radius 2 is 2.10 bits per heavy atom. The lowest BCUT2D eigenvalue weighted by molar-refractivity contribution is -0.126. The maximum atomic E-state index is 12.8. The average molecular weight is 421 g/mol. The van der Waals surface area contributed by atoms with Crippen molar-refractivity contribution in [3.05, 3.63) is 40.5 Å². The molecule has 9 heteroatoms. The van der Waals surface area contributed by atoms with Crippen molar-refractivity contribution in [2.45, 2.75) is 32.6 Å². The molecule has 156 valence electrons. The molecule has 8 nitrogen and oxygen atoms in total. The predicted octanol–water partition coefficient (Wildman–Crippen LogP) is 2.64. The maximum absolute atomic E-state index is 12.8. The first-order chi connectivity index (χ1) is 14.0. The number of nitrogens with one attached hydrogen (secondary N) is 1. The second-order valence-electron chi connectivity index (χ2n) is 7.04. The van der Waals surface area contributed by atoms with E-state index in [9.17, 15) is 9.59 Å². The molecule has 1 aliphatic rings. The van der Waals surface area contributed by atoms with Crippen LogP contribution in [0.1, 0.15) is 41.3 Å². The van der Waals surface area contributed by atoms with Crippen LogP contribution in [-0.2, 0) is 11.2 Å². The van der Waals surface area contributed by atoms with E-state index in [2.05, 4.69) is 15.5 Å². The number of benzene rings is 1. The van der Waals surface area contributed by atoms with Crippen LogP contribution in [0.2, 0.25) is 5.02 Å². The minimum atomic E-state index is -0.127. The molecule has 0 saturated carbocycles. The van der Waals surface area contributed by atoms with Crippen LogP contribution in [0.25, 0.3) is 0 Å². The summed E-state index contributed by atoms with van der Waals surface area (Å²) in [6.07, 6.45) is 2.63. The fourth-order valence-corrected chi connectivity index (χ4v) is 3.57. The Hall–Kier alpha value is -2.61. The van der Waals surface area contributed by atoms with Gasteiger partial charge in [-0.25, -0.2) is 0 Å². The van der Waals surface area contributed by atoms with Gasteiger partial charge in [-0.05, 0) is 44.4 Å². The van der Waals surface area contributed by atoms with E-state index in [1.807, 2.05) is 0 Å². The molecule has 2 heterocycles. The average Bonchev–Trinajstić information content (AvgIpc) is 3.15. The Bertz CT molecular complexity index is 862. The first-order valence-corrected chi connectivity index (χ1v) is 10.1. The number of nitrogens with zero attached hydrogens (tertiary/aromatic N) is 3. The van der Waals surface area contributed by atoms with E-state index in [4.69, 9.17) is 20.9 Å². The van der Waals surface area contributed by atoms with Gasteiger partial charge in [0.05, 0.1) is 12.7 Å². The van der Waals surface area contributed by atoms with Gasteiger partial charge < -0.3 is 19.5 Å². The minimum absolute atomic E-state index is 0.0270. The second-order valence-corrected chi connectivity index (χ2v) is 7.48. The van der Waals surface area contributed by atoms with Crippen LogP contribution in [0.3, 0.4) is 0 Å². The number of ether oxygens (including phenoxy) is 1. The van der Waals surface area contributed by atoms with E-state index < -0.39 is 0 Å². The highest BCUT2D eigenvalue weighted by molar-refractivity contribution is 6.31. The van der Waals surface area contributed by atoms with E-state index in [1.165, 1.54) is 7.11 Å². The summed E-state index contributed by atoms with van der Waals surface area (Å²) >= 11 is 6.03. The van der Waals surface area contributed by atoms with Gasteiger partial charge in [-0.3, -0.25) is 9.59 Å². The van der Waals surface area contributed by atoms with Crippen molar-refractivity contribution >= 4 is 23.4 Å². The molecule has 2 amide bonds. The van der Waals surface area contributed by atoms with Gasteiger partial charge in [0.15, 0.2) is 5.82 Å². The molecule has 1 aliphatic heterocycles. The molecule has 1 saturated heterocycles. The first-order valence-electron chi connectivity index (χ1n) is 9.67. The maximum Gasteiger partial charge on any atom is 0.257 e. The number of aromatic nitrogens is 2. The topological polar surface area (TPSA) is 97.6 Å². The third-order valence-corrected chi connectivity index (χ3v) is 5.22. The van der Waals surface area contributed by atoms with Gasteiger partial charge in [0.25, 0.3) is 5.91 Å². The normalized spacial score (nSPS) is 14.7. The quantitative estimate of drug-likeness (QED) is 0.691. The van der Waals surface area contributed by atoms with Crippen molar-refractivity contribution in [1.29, 1.82) is 0 Å². The summed E-state index contributed by atoms with van der Waals surface area (Å²) in [5.74, 6) is 1.50. The molecular weight excluding hydrogens is 396 g/mol. The Morgan fingerprint density at radius 1 is 1.34 bits per heavy atom. The molecule has 0 unspecified atom stereocenters. The lowest BCUT2D eigenvalue weighted by atomic mass is 9.95. The van der Waals surface area contributed by atoms with Crippen LogP contribution >= 0.6 is 11.6 Å². The van der Waals surface area contributed by atoms with E-state index >= 15 is 0 Å². The fraction of sp³-hybridized carbons (Fsp3) is 0.500. The smallest absolute Gasteiger partial charge is 0.257 e. The monoisotopic (exact) mass is 420 g/mol. The summed E-state index contributed by atoms with van der Waals surface area (Å²) in [4.78, 5) is 31.1. The summed E-state index contributed by atoms with van der Waals surface area (Å²) in [6.45, 7) is 3.37. The number of likely N-dealkylation sites (tertiary alicyclic amines) is 1. The number of rotatable bonds is 7. The largest absolute Gasteiger partial charge is 0.496 e. The predicted molar refractivity (Wildman–Crippen MR) is 107 cm³/mol. The van der Waals surface area contributed by atoms with Crippen LogP contribution in [0, 0.1) is 12.8 Å². The molecule has 0 aliphatic carbocycles. The van der Waals surface area contributed by atoms with Crippen molar-refractivity contribution in [1.82, 2.24) is 20.4 Å². The minimum Gasteiger partial charge on any atom is -0.496 e. The summed E-state index contributed by atoms with van der Waals surface area (Å²) in [5.41, 5.74) is 0.444. The molecular formula is C20H25ClN4O4. The zero-order valence-electron chi connectivity index (χ0n) is 16.6. The van der Waals surface area contributed by atoms with Gasteiger partial charge in [0.1, 0.15) is 5.75 Å². The summed E-state index contributed by atoms with van der Waals surface area (Å²) in [7, 11) is 1.52. The number of piperidine rings is 1. The third kappa shape index (κ3) is 5.47. The number of carbonyl (C=O) groups is 2. The Morgan fingerprint density at radius 3 is 2.76 bits per heavy atom. The lowest BCUT2D eigenvalue weighted by Gasteiger charge is -2.31. The zero-order valence-corrected chi connectivity index (χ0v) is 17.4. The fourth-order valence-electron chi connectivity index (χ4n) is 3.40. The molecule has 1 aromatic heterocycles. The van der Waals surface area contributed by atoms with E-state index in [1.54, 1.807) is 30.0 Å². The van der Waals surface area contributed by atoms with Gasteiger partial charge in [0, 0.05) is 37.0 Å². The second kappa shape index (κ2) is 9.73. The Labute approximate surface area is 174 Å². The van der Waals surface area contributed by atoms with Crippen molar-refractivity contribution in [3.8, 4) is 5.75 Å². The molecule has 3 rings (SSSR count). The number of hydrogen-bond donors (Lipinski definition) is 1. The van der Waals surface area contributed by atoms with Crippen molar-refractivity contribution in [2.24, 2.45) is 5.92 Å². The molecule has 0 spiro atoms. The number of amides is 2. The number of methoxy groups -OCH3 is 1. The van der Waals surface area contributed by atoms with Crippen LogP contribution in [0.15, 0.2) is 22.7 Å². The molecule has 1 N–H and O–H groups in total. The van der Waals surface area contributed by atoms with Gasteiger partial charge >= 0.3 is 0 Å². The lowest BCUT2D eigenvalue weighted by Crippen LogP contribution is -2.43. The third-order valence-electron chi connectivity index (χ3n) is 4.98. The first kappa shape index (κ1) is 21.1. The van der Waals surface area contributed by atoms with Crippen molar-refractivity contribution in [3.63, 3.8) is 0 Å². The van der Waals surface area contributed by atoms with E-state index in [0.29, 0.717) is 66.9 Å². The number of hydrogen-bond acceptors (Lipinski definition) is 6. The Kier molecular flexibility index (Phi) is 7.09. The molecule has 29 heavy (non-hydrogen) atoms. The van der Waals surface area contributed by atoms with Gasteiger partial charge in [-0.1, -0.05) is 16.8 Å². The Balaban J connectivity index is 1.44. The summed E-state index contributed by atoms with van der Waals surface area (Å²) in [5, 5.41) is 7.19. The summed E-state index contributed by atoms with van der Waals surface area (Å²) in [6, 6.07) is 4.99. The number of halogens is 1. The molecule has 2 aromatic rings. The van der Waals surface area contributed by atoms with E-state index in [-0.39, 0.29) is 17.7 Å². The van der Waals surface area contributed by atoms with E-state index in [0.717, 1.165) is 6.42 Å². The van der Waals surface area contributed by atoms with Crippen molar-refractivity contribution in [2.75, 3.05) is 26.7 Å². The van der Waals surface area contributed by atoms with Gasteiger partial charge in [0.2, 0.25) is 11.8 Å². The molecule has 1 fully saturated rings. The highest BCUT2D eigenvalue weighted by Crippen LogP contribution is 2.26. The molecule has 0 atom stereocenters. The van der Waals surface area contributed by atoms with Crippen LogP contribution in [-0.4, -0.2) is 53.6 Å². The molecule has 0 radical (unpaired) electrons. The summed E-state index contributed by atoms with van der Waals surface area (Å²) < 4.78 is 10.3. The van der Waals surface area contributed by atoms with Crippen molar-refractivity contribution < 1.29 is 18.8 Å². The molecule has 0 bridgehead atoms. The number of aryl methyl sites for hydroxylation is 2. The standard InChI is InChI=1S/C20H25ClN4O4/c1-13-23-18(29-24-13)4-3-9-22-19(26)14-7-10-25(11-8-14)20(27)16-12-15(21)5-6-17(16)28-2/h5-6,12,14H,3-4,7-11H2,1-2H3,(H,22,26). The van der Waals surface area contributed by atoms with Gasteiger partial charge in [-0.15, -0.1) is 0 Å². The highest BCUT2D eigenvalue weighted by atomic mass is 35.5. The van der Waals surface area contributed by atoms with Crippen LogP contribution < -0.4 is 10.1 Å². The number of carbonyl (C=O) groups excluding carboxylic acids is 2. The van der Waals surface area contributed by atoms with Gasteiger partial charge in [-0.2, -0.15) is 4.98 Å². The van der Waals surface area contributed by atoms with Crippen LogP contribution in [0.4, 0.5) is 0 Å². The molecule has 1 aromatic carbocycles.